The van der Waals surface area contributed by atoms with E-state index in [1.165, 1.54) is 0 Å². The first-order valence-corrected chi connectivity index (χ1v) is 6.98. The molecule has 7 heteroatoms. The van der Waals surface area contributed by atoms with Crippen LogP contribution in [0, 0.1) is 11.3 Å². The zero-order chi connectivity index (χ0) is 15.7. The molecule has 1 aromatic carbocycles. The van der Waals surface area contributed by atoms with Crippen LogP contribution in [0.4, 0.5) is 4.79 Å². The smallest absolute Gasteiger partial charge is 0.322 e. The minimum atomic E-state index is -0.633. The number of rotatable bonds is 3. The van der Waals surface area contributed by atoms with Crippen LogP contribution in [0.15, 0.2) is 18.2 Å². The molecule has 0 bridgehead atoms. The standard InChI is InChI=1S/C15H14N4O3/c16-6-9-1-2-10-7-19(8-11(10)5-9)13(20)4-3-12-14(21)18-15(22)17-12/h1-2,5,12H,3-4,7-8H2,(H2,17,18,21,22). The van der Waals surface area contributed by atoms with Crippen molar-refractivity contribution in [1.29, 1.82) is 5.26 Å². The quantitative estimate of drug-likeness (QED) is 0.788. The van der Waals surface area contributed by atoms with Crippen LogP contribution in [0.5, 0.6) is 0 Å². The number of imide groups is 1. The Balaban J connectivity index is 1.57. The van der Waals surface area contributed by atoms with Crippen molar-refractivity contribution < 1.29 is 14.4 Å². The number of carbonyl (C=O) groups is 3. The van der Waals surface area contributed by atoms with Gasteiger partial charge in [-0.25, -0.2) is 4.79 Å². The van der Waals surface area contributed by atoms with Gasteiger partial charge in [-0.2, -0.15) is 5.26 Å². The molecule has 2 aliphatic rings. The molecule has 1 unspecified atom stereocenters. The first-order valence-electron chi connectivity index (χ1n) is 6.98. The maximum atomic E-state index is 12.2. The molecule has 1 saturated heterocycles. The molecule has 2 aliphatic heterocycles. The summed E-state index contributed by atoms with van der Waals surface area (Å²) in [6.07, 6.45) is 0.476. The number of hydrogen-bond donors (Lipinski definition) is 2. The highest BCUT2D eigenvalue weighted by Crippen LogP contribution is 2.24. The molecule has 0 aliphatic carbocycles. The van der Waals surface area contributed by atoms with Crippen molar-refractivity contribution in [3.8, 4) is 6.07 Å². The number of amides is 4. The Kier molecular flexibility index (Phi) is 3.51. The second-order valence-electron chi connectivity index (χ2n) is 5.40. The fraction of sp³-hybridized carbons (Fsp3) is 0.333. The third-order valence-electron chi connectivity index (χ3n) is 3.92. The Bertz CT molecular complexity index is 707. The van der Waals surface area contributed by atoms with E-state index in [4.69, 9.17) is 5.26 Å². The topological polar surface area (TPSA) is 102 Å². The SMILES string of the molecule is N#Cc1ccc2c(c1)CN(C(=O)CCC1NC(=O)NC1=O)C2. The molecule has 4 amide bonds. The lowest BCUT2D eigenvalue weighted by atomic mass is 10.1. The van der Waals surface area contributed by atoms with Gasteiger partial charge in [-0.05, 0) is 29.7 Å². The van der Waals surface area contributed by atoms with Crippen LogP contribution >= 0.6 is 0 Å². The molecule has 7 nitrogen and oxygen atoms in total. The van der Waals surface area contributed by atoms with E-state index >= 15 is 0 Å². The summed E-state index contributed by atoms with van der Waals surface area (Å²) in [7, 11) is 0. The van der Waals surface area contributed by atoms with Crippen LogP contribution in [0.1, 0.15) is 29.5 Å². The number of nitrogens with zero attached hydrogens (tertiary/aromatic N) is 2. The van der Waals surface area contributed by atoms with Crippen molar-refractivity contribution in [3.05, 3.63) is 34.9 Å². The van der Waals surface area contributed by atoms with Crippen molar-refractivity contribution in [2.24, 2.45) is 0 Å². The molecule has 2 N–H and O–H groups in total. The molecule has 1 fully saturated rings. The van der Waals surface area contributed by atoms with E-state index in [9.17, 15) is 14.4 Å². The van der Waals surface area contributed by atoms with Crippen LogP contribution in [0.25, 0.3) is 0 Å². The van der Waals surface area contributed by atoms with Gasteiger partial charge in [0.15, 0.2) is 0 Å². The molecular formula is C15H14N4O3. The highest BCUT2D eigenvalue weighted by molar-refractivity contribution is 6.04. The van der Waals surface area contributed by atoms with Crippen molar-refractivity contribution in [3.63, 3.8) is 0 Å². The fourth-order valence-electron chi connectivity index (χ4n) is 2.73. The van der Waals surface area contributed by atoms with Crippen LogP contribution in [0.2, 0.25) is 0 Å². The molecule has 1 aromatic rings. The summed E-state index contributed by atoms with van der Waals surface area (Å²) in [5.74, 6) is -0.454. The average Bonchev–Trinajstić information content (AvgIpc) is 3.06. The summed E-state index contributed by atoms with van der Waals surface area (Å²) in [5, 5.41) is 13.5. The van der Waals surface area contributed by atoms with Crippen LogP contribution < -0.4 is 10.6 Å². The highest BCUT2D eigenvalue weighted by atomic mass is 16.2. The molecule has 2 heterocycles. The Hall–Kier alpha value is -2.88. The second-order valence-corrected chi connectivity index (χ2v) is 5.40. The molecule has 0 radical (unpaired) electrons. The van der Waals surface area contributed by atoms with E-state index in [2.05, 4.69) is 16.7 Å². The number of nitrogens with one attached hydrogen (secondary N) is 2. The van der Waals surface area contributed by atoms with E-state index in [1.54, 1.807) is 17.0 Å². The van der Waals surface area contributed by atoms with E-state index in [-0.39, 0.29) is 24.7 Å². The third-order valence-corrected chi connectivity index (χ3v) is 3.92. The lowest BCUT2D eigenvalue weighted by Gasteiger charge is -2.16. The third kappa shape index (κ3) is 2.63. The molecule has 112 valence electrons. The van der Waals surface area contributed by atoms with Crippen molar-refractivity contribution in [1.82, 2.24) is 15.5 Å². The average molecular weight is 298 g/mol. The minimum Gasteiger partial charge on any atom is -0.334 e. The summed E-state index contributed by atoms with van der Waals surface area (Å²) in [6, 6.07) is 6.34. The van der Waals surface area contributed by atoms with Gasteiger partial charge in [0.25, 0.3) is 5.91 Å². The van der Waals surface area contributed by atoms with Gasteiger partial charge >= 0.3 is 6.03 Å². The fourth-order valence-corrected chi connectivity index (χ4v) is 2.73. The van der Waals surface area contributed by atoms with Crippen molar-refractivity contribution in [2.75, 3.05) is 0 Å². The molecule has 3 rings (SSSR count). The summed E-state index contributed by atoms with van der Waals surface area (Å²) in [5.41, 5.74) is 2.61. The van der Waals surface area contributed by atoms with Gasteiger partial charge in [-0.15, -0.1) is 0 Å². The van der Waals surface area contributed by atoms with Gasteiger partial charge in [0.05, 0.1) is 11.6 Å². The number of urea groups is 1. The van der Waals surface area contributed by atoms with Crippen LogP contribution in [0.3, 0.4) is 0 Å². The van der Waals surface area contributed by atoms with Gasteiger partial charge in [0.1, 0.15) is 6.04 Å². The maximum absolute atomic E-state index is 12.2. The number of benzene rings is 1. The zero-order valence-electron chi connectivity index (χ0n) is 11.8. The summed E-state index contributed by atoms with van der Waals surface area (Å²) in [4.78, 5) is 36.4. The molecule has 1 atom stereocenters. The number of fused-ring (bicyclic) bond motifs is 1. The Morgan fingerprint density at radius 2 is 2.09 bits per heavy atom. The zero-order valence-corrected chi connectivity index (χ0v) is 11.8. The maximum Gasteiger partial charge on any atom is 0.322 e. The minimum absolute atomic E-state index is 0.0661. The summed E-state index contributed by atoms with van der Waals surface area (Å²) >= 11 is 0. The summed E-state index contributed by atoms with van der Waals surface area (Å²) in [6.45, 7) is 0.996. The van der Waals surface area contributed by atoms with Gasteiger partial charge in [0, 0.05) is 19.5 Å². The van der Waals surface area contributed by atoms with Crippen molar-refractivity contribution in [2.45, 2.75) is 32.0 Å². The first kappa shape index (κ1) is 14.1. The lowest BCUT2D eigenvalue weighted by molar-refractivity contribution is -0.132. The van der Waals surface area contributed by atoms with Gasteiger partial charge in [-0.1, -0.05) is 6.07 Å². The Labute approximate surface area is 126 Å². The largest absolute Gasteiger partial charge is 0.334 e. The monoisotopic (exact) mass is 298 g/mol. The number of carbonyl (C=O) groups excluding carboxylic acids is 3. The van der Waals surface area contributed by atoms with E-state index in [0.29, 0.717) is 18.7 Å². The predicted molar refractivity (Wildman–Crippen MR) is 75.1 cm³/mol. The predicted octanol–water partition coefficient (Wildman–Crippen LogP) is 0.389. The van der Waals surface area contributed by atoms with E-state index in [1.807, 2.05) is 6.07 Å². The van der Waals surface area contributed by atoms with Crippen LogP contribution in [-0.2, 0) is 22.7 Å². The lowest BCUT2D eigenvalue weighted by Crippen LogP contribution is -2.32. The highest BCUT2D eigenvalue weighted by Gasteiger charge is 2.31. The molecule has 0 saturated carbocycles. The van der Waals surface area contributed by atoms with E-state index < -0.39 is 12.1 Å². The number of nitriles is 1. The van der Waals surface area contributed by atoms with Crippen LogP contribution in [-0.4, -0.2) is 28.8 Å². The van der Waals surface area contributed by atoms with Crippen molar-refractivity contribution >= 4 is 17.8 Å². The normalized spacial score (nSPS) is 19.4. The van der Waals surface area contributed by atoms with Gasteiger partial charge < -0.3 is 10.2 Å². The van der Waals surface area contributed by atoms with Gasteiger partial charge in [0.2, 0.25) is 5.91 Å². The Morgan fingerprint density at radius 1 is 1.32 bits per heavy atom. The number of hydrogen-bond acceptors (Lipinski definition) is 4. The molecular weight excluding hydrogens is 284 g/mol. The molecule has 0 spiro atoms. The second kappa shape index (κ2) is 5.48. The Morgan fingerprint density at radius 3 is 2.77 bits per heavy atom. The molecule has 22 heavy (non-hydrogen) atoms. The summed E-state index contributed by atoms with van der Waals surface area (Å²) < 4.78 is 0. The first-order chi connectivity index (χ1) is 10.6. The van der Waals surface area contributed by atoms with Gasteiger partial charge in [-0.3, -0.25) is 14.9 Å². The molecule has 0 aromatic heterocycles. The van der Waals surface area contributed by atoms with E-state index in [0.717, 1.165) is 11.1 Å².